The van der Waals surface area contributed by atoms with Crippen LogP contribution in [0.5, 0.6) is 5.88 Å². The molecule has 0 amide bonds. The molecule has 6 nitrogen and oxygen atoms in total. The monoisotopic (exact) mass is 337 g/mol. The first-order chi connectivity index (χ1) is 12.3. The minimum absolute atomic E-state index is 0.397. The predicted molar refractivity (Wildman–Crippen MR) is 92.8 cm³/mol. The summed E-state index contributed by atoms with van der Waals surface area (Å²) >= 11 is 0. The summed E-state index contributed by atoms with van der Waals surface area (Å²) in [4.78, 5) is 11.2. The number of nitriles is 1. The maximum Gasteiger partial charge on any atom is 0.213 e. The molecule has 4 rings (SSSR count). The Balaban J connectivity index is 1.45. The maximum absolute atomic E-state index is 8.85. The molecule has 130 valence electrons. The first-order valence-corrected chi connectivity index (χ1v) is 9.04. The minimum Gasteiger partial charge on any atom is -0.477 e. The van der Waals surface area contributed by atoms with Crippen molar-refractivity contribution in [2.24, 2.45) is 5.92 Å². The molecule has 0 spiro atoms. The number of ether oxygens (including phenoxy) is 1. The van der Waals surface area contributed by atoms with E-state index in [9.17, 15) is 0 Å². The van der Waals surface area contributed by atoms with Crippen LogP contribution in [0.15, 0.2) is 30.9 Å². The number of pyridine rings is 1. The number of fused-ring (bicyclic) bond motifs is 1. The normalized spacial score (nSPS) is 21.5. The molecule has 0 radical (unpaired) electrons. The Morgan fingerprint density at radius 2 is 2.08 bits per heavy atom. The number of nitrogens with zero attached hydrogens (tertiary/aromatic N) is 5. The molecule has 1 atom stereocenters. The average Bonchev–Trinajstić information content (AvgIpc) is 3.29. The Kier molecular flexibility index (Phi) is 4.66. The molecule has 1 unspecified atom stereocenters. The van der Waals surface area contributed by atoms with Crippen molar-refractivity contribution in [3.8, 4) is 11.9 Å². The summed E-state index contributed by atoms with van der Waals surface area (Å²) in [5, 5.41) is 8.85. The second-order valence-corrected chi connectivity index (χ2v) is 7.08. The van der Waals surface area contributed by atoms with Crippen LogP contribution in [0, 0.1) is 17.2 Å². The van der Waals surface area contributed by atoms with Gasteiger partial charge in [-0.15, -0.1) is 0 Å². The summed E-state index contributed by atoms with van der Waals surface area (Å²) in [7, 11) is 0. The fraction of sp³-hybridized carbons (Fsp3) is 0.526. The Morgan fingerprint density at radius 1 is 1.20 bits per heavy atom. The number of hydrogen-bond donors (Lipinski definition) is 0. The van der Waals surface area contributed by atoms with Crippen LogP contribution in [0.3, 0.4) is 0 Å². The van der Waals surface area contributed by atoms with E-state index in [1.54, 1.807) is 18.3 Å². The van der Waals surface area contributed by atoms with Crippen molar-refractivity contribution in [1.82, 2.24) is 19.4 Å². The van der Waals surface area contributed by atoms with Gasteiger partial charge in [-0.2, -0.15) is 5.26 Å². The summed E-state index contributed by atoms with van der Waals surface area (Å²) < 4.78 is 8.18. The average molecular weight is 337 g/mol. The smallest absolute Gasteiger partial charge is 0.213 e. The van der Waals surface area contributed by atoms with Crippen LogP contribution in [-0.2, 0) is 13.1 Å². The molecule has 3 heterocycles. The Hall–Kier alpha value is -2.39. The summed E-state index contributed by atoms with van der Waals surface area (Å²) in [6.45, 7) is 3.58. The van der Waals surface area contributed by atoms with Gasteiger partial charge in [0.2, 0.25) is 5.88 Å². The molecule has 2 aliphatic rings. The van der Waals surface area contributed by atoms with Gasteiger partial charge in [0.15, 0.2) is 0 Å². The lowest BCUT2D eigenvalue weighted by Crippen LogP contribution is -2.37. The van der Waals surface area contributed by atoms with E-state index in [2.05, 4.69) is 25.5 Å². The van der Waals surface area contributed by atoms with Crippen molar-refractivity contribution >= 4 is 0 Å². The molecule has 0 bridgehead atoms. The van der Waals surface area contributed by atoms with Crippen LogP contribution >= 0.6 is 0 Å². The van der Waals surface area contributed by atoms with Crippen LogP contribution in [0.2, 0.25) is 0 Å². The fourth-order valence-electron chi connectivity index (χ4n) is 3.97. The van der Waals surface area contributed by atoms with Crippen LogP contribution in [0.1, 0.15) is 36.9 Å². The van der Waals surface area contributed by atoms with Gasteiger partial charge in [-0.25, -0.2) is 9.97 Å². The number of imidazole rings is 1. The van der Waals surface area contributed by atoms with Gasteiger partial charge in [0.25, 0.3) is 0 Å². The third-order valence-corrected chi connectivity index (χ3v) is 5.28. The summed E-state index contributed by atoms with van der Waals surface area (Å²) in [5.41, 5.74) is 1.85. The van der Waals surface area contributed by atoms with E-state index in [0.29, 0.717) is 30.0 Å². The highest BCUT2D eigenvalue weighted by Gasteiger charge is 2.29. The quantitative estimate of drug-likeness (QED) is 0.858. The first-order valence-electron chi connectivity index (χ1n) is 9.04. The molecule has 6 heteroatoms. The number of rotatable bonds is 4. The van der Waals surface area contributed by atoms with Gasteiger partial charge in [0.05, 0.1) is 24.2 Å². The Morgan fingerprint density at radius 3 is 2.84 bits per heavy atom. The molecule has 0 saturated heterocycles. The van der Waals surface area contributed by atoms with Gasteiger partial charge >= 0.3 is 0 Å². The molecule has 1 aliphatic heterocycles. The fourth-order valence-corrected chi connectivity index (χ4v) is 3.97. The third-order valence-electron chi connectivity index (χ3n) is 5.28. The van der Waals surface area contributed by atoms with Crippen LogP contribution in [0.25, 0.3) is 0 Å². The van der Waals surface area contributed by atoms with Crippen LogP contribution in [0.4, 0.5) is 0 Å². The van der Waals surface area contributed by atoms with Crippen LogP contribution < -0.4 is 4.74 Å². The highest BCUT2D eigenvalue weighted by molar-refractivity contribution is 5.28. The molecule has 2 aromatic heterocycles. The van der Waals surface area contributed by atoms with Gasteiger partial charge in [0.1, 0.15) is 6.07 Å². The maximum atomic E-state index is 8.85. The molecule has 2 aromatic rings. The van der Waals surface area contributed by atoms with Crippen LogP contribution in [-0.4, -0.2) is 38.6 Å². The third kappa shape index (κ3) is 3.67. The topological polar surface area (TPSA) is 67.0 Å². The second kappa shape index (κ2) is 7.24. The van der Waals surface area contributed by atoms with Gasteiger partial charge in [-0.3, -0.25) is 4.90 Å². The largest absolute Gasteiger partial charge is 0.477 e. The molecule has 1 fully saturated rings. The zero-order valence-corrected chi connectivity index (χ0v) is 14.3. The summed E-state index contributed by atoms with van der Waals surface area (Å²) in [6.07, 6.45) is 10.8. The van der Waals surface area contributed by atoms with Crippen molar-refractivity contribution < 1.29 is 4.74 Å². The summed E-state index contributed by atoms with van der Waals surface area (Å²) in [5.74, 6) is 0.981. The molecular weight excluding hydrogens is 314 g/mol. The lowest BCUT2D eigenvalue weighted by molar-refractivity contribution is 0.133. The van der Waals surface area contributed by atoms with E-state index >= 15 is 0 Å². The van der Waals surface area contributed by atoms with E-state index in [1.165, 1.54) is 31.4 Å². The standard InChI is InChI=1S/C19H23N5O/c20-7-15-5-6-19(22-8-15)25-13-16-10-23(17-3-1-2-4-17)12-18-9-21-14-24(18)11-16/h5-6,8-9,14,16-17H,1-4,10-13H2. The lowest BCUT2D eigenvalue weighted by atomic mass is 10.1. The van der Waals surface area contributed by atoms with E-state index < -0.39 is 0 Å². The van der Waals surface area contributed by atoms with E-state index in [1.807, 2.05) is 12.5 Å². The Bertz CT molecular complexity index is 742. The predicted octanol–water partition coefficient (Wildman–Crippen LogP) is 2.60. The highest BCUT2D eigenvalue weighted by atomic mass is 16.5. The lowest BCUT2D eigenvalue weighted by Gasteiger charge is -2.29. The highest BCUT2D eigenvalue weighted by Crippen LogP contribution is 2.28. The zero-order valence-electron chi connectivity index (χ0n) is 14.3. The molecule has 0 N–H and O–H groups in total. The van der Waals surface area contributed by atoms with E-state index in [0.717, 1.165) is 19.6 Å². The molecule has 1 saturated carbocycles. The van der Waals surface area contributed by atoms with Gasteiger partial charge in [-0.1, -0.05) is 12.8 Å². The number of aromatic nitrogens is 3. The summed E-state index contributed by atoms with van der Waals surface area (Å²) in [6, 6.07) is 6.28. The number of hydrogen-bond acceptors (Lipinski definition) is 5. The SMILES string of the molecule is N#Cc1ccc(OCC2CN(C3CCCC3)Cc3cncn3C2)nc1. The van der Waals surface area contributed by atoms with Gasteiger partial charge in [0, 0.05) is 50.1 Å². The van der Waals surface area contributed by atoms with E-state index in [-0.39, 0.29) is 0 Å². The first kappa shape index (κ1) is 16.1. The molecule has 0 aromatic carbocycles. The molecular formula is C19H23N5O. The van der Waals surface area contributed by atoms with Gasteiger partial charge < -0.3 is 9.30 Å². The van der Waals surface area contributed by atoms with E-state index in [4.69, 9.17) is 10.00 Å². The van der Waals surface area contributed by atoms with Crippen molar-refractivity contribution in [3.05, 3.63) is 42.1 Å². The van der Waals surface area contributed by atoms with Crippen molar-refractivity contribution in [2.75, 3.05) is 13.2 Å². The van der Waals surface area contributed by atoms with Gasteiger partial charge in [-0.05, 0) is 18.9 Å². The minimum atomic E-state index is 0.397. The molecule has 1 aliphatic carbocycles. The van der Waals surface area contributed by atoms with Crippen molar-refractivity contribution in [1.29, 1.82) is 5.26 Å². The molecule has 25 heavy (non-hydrogen) atoms. The second-order valence-electron chi connectivity index (χ2n) is 7.08. The zero-order chi connectivity index (χ0) is 17.1. The van der Waals surface area contributed by atoms with Crippen molar-refractivity contribution in [2.45, 2.75) is 44.8 Å². The van der Waals surface area contributed by atoms with Crippen molar-refractivity contribution in [3.63, 3.8) is 0 Å². The Labute approximate surface area is 148 Å².